The molecule has 0 atom stereocenters. The number of rotatable bonds is 2. The first-order chi connectivity index (χ1) is 9.59. The molecule has 0 saturated heterocycles. The van der Waals surface area contributed by atoms with Crippen molar-refractivity contribution in [3.8, 4) is 12.1 Å². The zero-order valence-corrected chi connectivity index (χ0v) is 14.9. The molecular formula is C16H28N2O2Si. The molecule has 0 unspecified atom stereocenters. The van der Waals surface area contributed by atoms with Crippen LogP contribution < -0.4 is 0 Å². The monoisotopic (exact) mass is 308 g/mol. The van der Waals surface area contributed by atoms with Gasteiger partial charge in [0.1, 0.15) is 0 Å². The Morgan fingerprint density at radius 3 is 1.71 bits per heavy atom. The van der Waals surface area contributed by atoms with E-state index in [2.05, 4.69) is 46.0 Å². The molecule has 2 fully saturated rings. The molecule has 0 amide bonds. The van der Waals surface area contributed by atoms with Crippen LogP contribution in [0, 0.1) is 34.5 Å². The van der Waals surface area contributed by atoms with E-state index < -0.39 is 8.32 Å². The Morgan fingerprint density at radius 1 is 1.00 bits per heavy atom. The summed E-state index contributed by atoms with van der Waals surface area (Å²) in [5, 5.41) is 25.7. The Balaban J connectivity index is 0.000000262. The molecule has 0 bridgehead atoms. The van der Waals surface area contributed by atoms with E-state index in [0.29, 0.717) is 18.9 Å². The van der Waals surface area contributed by atoms with Crippen molar-refractivity contribution in [1.29, 1.82) is 10.5 Å². The first-order valence-corrected chi connectivity index (χ1v) is 10.6. The molecule has 0 spiro atoms. The second-order valence-corrected chi connectivity index (χ2v) is 12.5. The smallest absolute Gasteiger partial charge is 0.192 e. The highest BCUT2D eigenvalue weighted by atomic mass is 28.4. The summed E-state index contributed by atoms with van der Waals surface area (Å²) in [5.74, 6) is 0.403. The third-order valence-corrected chi connectivity index (χ3v) is 9.38. The van der Waals surface area contributed by atoms with Crippen LogP contribution in [-0.2, 0) is 4.43 Å². The normalized spacial score (nSPS) is 31.6. The fraction of sp³-hybridized carbons (Fsp3) is 0.875. The fourth-order valence-corrected chi connectivity index (χ4v) is 3.43. The van der Waals surface area contributed by atoms with Gasteiger partial charge in [0, 0.05) is 6.10 Å². The van der Waals surface area contributed by atoms with E-state index in [4.69, 9.17) is 20.1 Å². The number of nitriles is 2. The van der Waals surface area contributed by atoms with Gasteiger partial charge in [-0.1, -0.05) is 20.8 Å². The van der Waals surface area contributed by atoms with Crippen LogP contribution >= 0.6 is 0 Å². The van der Waals surface area contributed by atoms with E-state index in [0.717, 1.165) is 12.8 Å². The van der Waals surface area contributed by atoms with Crippen molar-refractivity contribution in [2.24, 2.45) is 11.8 Å². The van der Waals surface area contributed by atoms with Crippen LogP contribution in [0.1, 0.15) is 46.5 Å². The van der Waals surface area contributed by atoms with Crippen LogP contribution in [0.15, 0.2) is 0 Å². The largest absolute Gasteiger partial charge is 0.414 e. The minimum absolute atomic E-state index is 0.148. The Hall–Kier alpha value is -0.883. The van der Waals surface area contributed by atoms with Crippen molar-refractivity contribution in [2.45, 2.75) is 76.8 Å². The summed E-state index contributed by atoms with van der Waals surface area (Å²) in [6, 6.07) is 4.36. The first-order valence-electron chi connectivity index (χ1n) is 7.74. The molecule has 2 rings (SSSR count). The van der Waals surface area contributed by atoms with E-state index in [1.54, 1.807) is 0 Å². The van der Waals surface area contributed by atoms with Crippen molar-refractivity contribution < 1.29 is 9.53 Å². The van der Waals surface area contributed by atoms with E-state index in [9.17, 15) is 0 Å². The second kappa shape index (κ2) is 6.92. The quantitative estimate of drug-likeness (QED) is 0.791. The maximum Gasteiger partial charge on any atom is 0.192 e. The van der Waals surface area contributed by atoms with E-state index in [1.165, 1.54) is 0 Å². The number of aliphatic hydroxyl groups is 1. The average molecular weight is 308 g/mol. The summed E-state index contributed by atoms with van der Waals surface area (Å²) >= 11 is 0. The van der Waals surface area contributed by atoms with E-state index >= 15 is 0 Å². The standard InChI is InChI=1S/C11H21NOSi.C5H7NO/c1-11(2,3)14(4,5)13-10-6-9(7-10)8-12;6-3-4-1-5(7)2-4/h9-10H,6-7H2,1-5H3;4-5,7H,1-2H2. The third-order valence-electron chi connectivity index (χ3n) is 4.84. The molecule has 4 nitrogen and oxygen atoms in total. The molecule has 0 aromatic rings. The minimum atomic E-state index is -1.59. The van der Waals surface area contributed by atoms with E-state index in [1.807, 2.05) is 0 Å². The molecule has 2 aliphatic carbocycles. The molecule has 0 aliphatic heterocycles. The van der Waals surface area contributed by atoms with Gasteiger partial charge in [0.25, 0.3) is 0 Å². The number of nitrogens with zero attached hydrogens (tertiary/aromatic N) is 2. The summed E-state index contributed by atoms with van der Waals surface area (Å²) in [4.78, 5) is 0. The maximum absolute atomic E-state index is 8.67. The highest BCUT2D eigenvalue weighted by Crippen LogP contribution is 2.41. The van der Waals surface area contributed by atoms with Gasteiger partial charge in [-0.3, -0.25) is 0 Å². The predicted octanol–water partition coefficient (Wildman–Crippen LogP) is 3.59. The Labute approximate surface area is 129 Å². The van der Waals surface area contributed by atoms with Crippen molar-refractivity contribution >= 4 is 8.32 Å². The Bertz CT molecular complexity index is 419. The van der Waals surface area contributed by atoms with Crippen LogP contribution in [-0.4, -0.2) is 25.6 Å². The molecule has 2 saturated carbocycles. The molecule has 118 valence electrons. The van der Waals surface area contributed by atoms with Gasteiger partial charge in [-0.25, -0.2) is 0 Å². The van der Waals surface area contributed by atoms with Gasteiger partial charge < -0.3 is 9.53 Å². The van der Waals surface area contributed by atoms with Gasteiger partial charge in [0.15, 0.2) is 8.32 Å². The molecule has 0 aromatic carbocycles. The summed E-state index contributed by atoms with van der Waals surface area (Å²) in [5.41, 5.74) is 0. The zero-order chi connectivity index (χ0) is 16.3. The van der Waals surface area contributed by atoms with Gasteiger partial charge in [-0.15, -0.1) is 0 Å². The van der Waals surface area contributed by atoms with Gasteiger partial charge in [0.05, 0.1) is 30.1 Å². The van der Waals surface area contributed by atoms with Crippen LogP contribution in [0.5, 0.6) is 0 Å². The van der Waals surface area contributed by atoms with Gasteiger partial charge in [-0.2, -0.15) is 10.5 Å². The summed E-state index contributed by atoms with van der Waals surface area (Å²) in [6.07, 6.45) is 3.46. The summed E-state index contributed by atoms with van der Waals surface area (Å²) in [6.45, 7) is 11.3. The topological polar surface area (TPSA) is 77.0 Å². The van der Waals surface area contributed by atoms with Crippen molar-refractivity contribution in [2.75, 3.05) is 0 Å². The zero-order valence-electron chi connectivity index (χ0n) is 13.9. The highest BCUT2D eigenvalue weighted by Gasteiger charge is 2.42. The van der Waals surface area contributed by atoms with Crippen LogP contribution in [0.4, 0.5) is 0 Å². The Kier molecular flexibility index (Phi) is 5.98. The lowest BCUT2D eigenvalue weighted by molar-refractivity contribution is 0.0657. The van der Waals surface area contributed by atoms with Crippen molar-refractivity contribution in [3.63, 3.8) is 0 Å². The first kappa shape index (κ1) is 18.2. The van der Waals surface area contributed by atoms with Crippen molar-refractivity contribution in [3.05, 3.63) is 0 Å². The van der Waals surface area contributed by atoms with Crippen LogP contribution in [0.25, 0.3) is 0 Å². The number of aliphatic hydroxyl groups excluding tert-OH is 1. The molecule has 1 N–H and O–H groups in total. The lowest BCUT2D eigenvalue weighted by atomic mass is 9.84. The Morgan fingerprint density at radius 2 is 1.43 bits per heavy atom. The minimum Gasteiger partial charge on any atom is -0.414 e. The van der Waals surface area contributed by atoms with E-state index in [-0.39, 0.29) is 23.0 Å². The molecule has 0 heterocycles. The van der Waals surface area contributed by atoms with Gasteiger partial charge in [0.2, 0.25) is 0 Å². The average Bonchev–Trinajstić information content (AvgIpc) is 2.28. The molecule has 21 heavy (non-hydrogen) atoms. The van der Waals surface area contributed by atoms with Crippen LogP contribution in [0.2, 0.25) is 18.1 Å². The summed E-state index contributed by atoms with van der Waals surface area (Å²) in [7, 11) is -1.59. The number of hydrogen-bond acceptors (Lipinski definition) is 4. The fourth-order valence-electron chi connectivity index (χ4n) is 2.05. The molecule has 0 aromatic heterocycles. The molecular weight excluding hydrogens is 280 g/mol. The molecule has 2 aliphatic rings. The maximum atomic E-state index is 8.67. The molecule has 0 radical (unpaired) electrons. The van der Waals surface area contributed by atoms with Gasteiger partial charge in [-0.05, 0) is 43.8 Å². The van der Waals surface area contributed by atoms with Crippen LogP contribution in [0.3, 0.4) is 0 Å². The predicted molar refractivity (Wildman–Crippen MR) is 84.8 cm³/mol. The summed E-state index contributed by atoms with van der Waals surface area (Å²) < 4.78 is 6.16. The number of hydrogen-bond donors (Lipinski definition) is 1. The lowest BCUT2D eigenvalue weighted by Gasteiger charge is -2.43. The second-order valence-electron chi connectivity index (χ2n) is 7.75. The lowest BCUT2D eigenvalue weighted by Crippen LogP contribution is -2.47. The highest BCUT2D eigenvalue weighted by molar-refractivity contribution is 6.74. The van der Waals surface area contributed by atoms with Crippen molar-refractivity contribution in [1.82, 2.24) is 0 Å². The van der Waals surface area contributed by atoms with Gasteiger partial charge >= 0.3 is 0 Å². The molecule has 5 heteroatoms. The SMILES string of the molecule is CC(C)(C)[Si](C)(C)OC1CC(C#N)C1.N#CC1CC(O)C1. The third kappa shape index (κ3) is 5.11.